The van der Waals surface area contributed by atoms with Crippen molar-refractivity contribution in [1.29, 1.82) is 0 Å². The van der Waals surface area contributed by atoms with Crippen LogP contribution in [0.25, 0.3) is 6.08 Å². The molecule has 0 atom stereocenters. The molecule has 4 nitrogen and oxygen atoms in total. The number of benzene rings is 3. The third-order valence-electron chi connectivity index (χ3n) is 4.95. The topological polar surface area (TPSA) is 47.9 Å². The van der Waals surface area contributed by atoms with Gasteiger partial charge in [-0.3, -0.25) is 0 Å². The largest absolute Gasteiger partial charge is 0.489 e. The second-order valence-corrected chi connectivity index (χ2v) is 7.60. The summed E-state index contributed by atoms with van der Waals surface area (Å²) >= 11 is 0. The van der Waals surface area contributed by atoms with Gasteiger partial charge in [0.25, 0.3) is 0 Å². The highest BCUT2D eigenvalue weighted by molar-refractivity contribution is 6.12. The zero-order valence-electron chi connectivity index (χ0n) is 17.3. The molecule has 0 bridgehead atoms. The van der Waals surface area contributed by atoms with Crippen LogP contribution in [0.5, 0.6) is 5.75 Å². The number of esters is 1. The van der Waals surface area contributed by atoms with Crippen molar-refractivity contribution < 1.29 is 18.7 Å². The summed E-state index contributed by atoms with van der Waals surface area (Å²) in [6.07, 6.45) is 1.68. The van der Waals surface area contributed by atoms with Crippen molar-refractivity contribution in [3.63, 3.8) is 0 Å². The van der Waals surface area contributed by atoms with Crippen molar-refractivity contribution in [2.24, 2.45) is 4.99 Å². The monoisotopic (exact) mass is 415 g/mol. The number of aliphatic imine (C=N–C) groups is 1. The summed E-state index contributed by atoms with van der Waals surface area (Å²) in [6, 6.07) is 21.3. The molecule has 0 spiro atoms. The Morgan fingerprint density at radius 1 is 0.968 bits per heavy atom. The van der Waals surface area contributed by atoms with Crippen LogP contribution < -0.4 is 4.74 Å². The fraction of sp³-hybridized carbons (Fsp3) is 0.154. The first kappa shape index (κ1) is 20.5. The SMILES string of the molecule is CC(C)c1ccc(C2=N/C(=C\c3ccc(OCc4ccc(F)cc4)cc3)C(=O)O2)cc1. The first-order chi connectivity index (χ1) is 15.0. The van der Waals surface area contributed by atoms with E-state index in [1.807, 2.05) is 48.5 Å². The number of hydrogen-bond donors (Lipinski definition) is 0. The minimum absolute atomic E-state index is 0.253. The lowest BCUT2D eigenvalue weighted by molar-refractivity contribution is -0.129. The molecule has 0 radical (unpaired) electrons. The zero-order valence-corrected chi connectivity index (χ0v) is 17.3. The van der Waals surface area contributed by atoms with Crippen molar-refractivity contribution in [2.45, 2.75) is 26.4 Å². The van der Waals surface area contributed by atoms with Crippen LogP contribution in [0.15, 0.2) is 83.5 Å². The molecule has 3 aromatic rings. The van der Waals surface area contributed by atoms with E-state index in [1.165, 1.54) is 17.7 Å². The molecule has 0 aliphatic carbocycles. The third kappa shape index (κ3) is 5.07. The van der Waals surface area contributed by atoms with Crippen molar-refractivity contribution in [3.05, 3.63) is 107 Å². The molecule has 5 heteroatoms. The predicted octanol–water partition coefficient (Wildman–Crippen LogP) is 5.87. The Morgan fingerprint density at radius 2 is 1.65 bits per heavy atom. The highest BCUT2D eigenvalue weighted by Crippen LogP contribution is 2.22. The molecule has 1 aliphatic rings. The summed E-state index contributed by atoms with van der Waals surface area (Å²) in [4.78, 5) is 16.6. The van der Waals surface area contributed by atoms with Gasteiger partial charge in [-0.1, -0.05) is 50.2 Å². The Hall–Kier alpha value is -3.73. The summed E-state index contributed by atoms with van der Waals surface area (Å²) in [5.41, 5.74) is 3.92. The molecule has 1 heterocycles. The van der Waals surface area contributed by atoms with Gasteiger partial charge < -0.3 is 9.47 Å². The molecule has 0 amide bonds. The molecule has 3 aromatic carbocycles. The molecule has 0 unspecified atom stereocenters. The normalized spacial score (nSPS) is 14.6. The van der Waals surface area contributed by atoms with Crippen LogP contribution >= 0.6 is 0 Å². The summed E-state index contributed by atoms with van der Waals surface area (Å²) < 4.78 is 24.0. The van der Waals surface area contributed by atoms with Gasteiger partial charge in [-0.15, -0.1) is 0 Å². The van der Waals surface area contributed by atoms with Crippen molar-refractivity contribution in [3.8, 4) is 5.75 Å². The molecule has 4 rings (SSSR count). The van der Waals surface area contributed by atoms with Gasteiger partial charge in [-0.05, 0) is 65.1 Å². The van der Waals surface area contributed by atoms with E-state index in [9.17, 15) is 9.18 Å². The van der Waals surface area contributed by atoms with E-state index in [4.69, 9.17) is 9.47 Å². The van der Waals surface area contributed by atoms with Gasteiger partial charge in [-0.2, -0.15) is 0 Å². The summed E-state index contributed by atoms with van der Waals surface area (Å²) in [6.45, 7) is 4.60. The Morgan fingerprint density at radius 3 is 2.29 bits per heavy atom. The maximum atomic E-state index is 13.0. The number of carbonyl (C=O) groups is 1. The second-order valence-electron chi connectivity index (χ2n) is 7.60. The van der Waals surface area contributed by atoms with E-state index in [-0.39, 0.29) is 11.5 Å². The Kier molecular flexibility index (Phi) is 5.94. The van der Waals surface area contributed by atoms with E-state index in [0.717, 1.165) is 16.7 Å². The van der Waals surface area contributed by atoms with Crippen LogP contribution in [0.1, 0.15) is 42.0 Å². The average molecular weight is 415 g/mol. The van der Waals surface area contributed by atoms with Crippen LogP contribution in [0.4, 0.5) is 4.39 Å². The number of cyclic esters (lactones) is 1. The Bertz CT molecular complexity index is 1130. The van der Waals surface area contributed by atoms with Crippen LogP contribution in [-0.4, -0.2) is 11.9 Å². The van der Waals surface area contributed by atoms with E-state index in [2.05, 4.69) is 18.8 Å². The summed E-state index contributed by atoms with van der Waals surface area (Å²) in [5, 5.41) is 0. The molecule has 31 heavy (non-hydrogen) atoms. The van der Waals surface area contributed by atoms with Crippen LogP contribution in [0.3, 0.4) is 0 Å². The predicted molar refractivity (Wildman–Crippen MR) is 118 cm³/mol. The maximum absolute atomic E-state index is 13.0. The zero-order chi connectivity index (χ0) is 21.8. The van der Waals surface area contributed by atoms with Gasteiger partial charge in [-0.25, -0.2) is 14.2 Å². The van der Waals surface area contributed by atoms with Crippen LogP contribution in [-0.2, 0) is 16.1 Å². The number of nitrogens with zero attached hydrogens (tertiary/aromatic N) is 1. The van der Waals surface area contributed by atoms with Crippen LogP contribution in [0.2, 0.25) is 0 Å². The Labute approximate surface area is 180 Å². The number of carbonyl (C=O) groups excluding carboxylic acids is 1. The van der Waals surface area contributed by atoms with E-state index in [1.54, 1.807) is 18.2 Å². The van der Waals surface area contributed by atoms with Gasteiger partial charge in [0, 0.05) is 5.56 Å². The molecule has 156 valence electrons. The maximum Gasteiger partial charge on any atom is 0.363 e. The van der Waals surface area contributed by atoms with E-state index < -0.39 is 5.97 Å². The number of halogens is 1. The van der Waals surface area contributed by atoms with Crippen molar-refractivity contribution in [2.75, 3.05) is 0 Å². The molecule has 1 aliphatic heterocycles. The van der Waals surface area contributed by atoms with Gasteiger partial charge in [0.2, 0.25) is 5.90 Å². The molecule has 0 saturated carbocycles. The lowest BCUT2D eigenvalue weighted by Gasteiger charge is -2.06. The van der Waals surface area contributed by atoms with E-state index >= 15 is 0 Å². The van der Waals surface area contributed by atoms with Gasteiger partial charge in [0.15, 0.2) is 5.70 Å². The molecule has 0 fully saturated rings. The number of ether oxygens (including phenoxy) is 2. The number of rotatable bonds is 6. The summed E-state index contributed by atoms with van der Waals surface area (Å²) in [7, 11) is 0. The standard InChI is InChI=1S/C26H22FNO3/c1-17(2)20-7-9-21(10-8-20)25-28-24(26(29)31-25)15-18-5-13-23(14-6-18)30-16-19-3-11-22(27)12-4-19/h3-15,17H,16H2,1-2H3/b24-15-. The first-order valence-electron chi connectivity index (χ1n) is 10.1. The molecular weight excluding hydrogens is 393 g/mol. The minimum atomic E-state index is -0.473. The van der Waals surface area contributed by atoms with Crippen molar-refractivity contribution >= 4 is 17.9 Å². The molecule has 0 saturated heterocycles. The minimum Gasteiger partial charge on any atom is -0.489 e. The van der Waals surface area contributed by atoms with E-state index in [0.29, 0.717) is 24.2 Å². The number of hydrogen-bond acceptors (Lipinski definition) is 4. The molecular formula is C26H22FNO3. The van der Waals surface area contributed by atoms with Crippen molar-refractivity contribution in [1.82, 2.24) is 0 Å². The molecule has 0 aromatic heterocycles. The second kappa shape index (κ2) is 8.96. The first-order valence-corrected chi connectivity index (χ1v) is 10.1. The van der Waals surface area contributed by atoms with Gasteiger partial charge >= 0.3 is 5.97 Å². The lowest BCUT2D eigenvalue weighted by Crippen LogP contribution is -2.05. The lowest BCUT2D eigenvalue weighted by atomic mass is 10.0. The average Bonchev–Trinajstić information content (AvgIpc) is 3.14. The van der Waals surface area contributed by atoms with Gasteiger partial charge in [0.1, 0.15) is 18.2 Å². The highest BCUT2D eigenvalue weighted by atomic mass is 19.1. The molecule has 0 N–H and O–H groups in total. The fourth-order valence-corrected chi connectivity index (χ4v) is 3.11. The fourth-order valence-electron chi connectivity index (χ4n) is 3.11. The quantitative estimate of drug-likeness (QED) is 0.374. The smallest absolute Gasteiger partial charge is 0.363 e. The van der Waals surface area contributed by atoms with Gasteiger partial charge in [0.05, 0.1) is 0 Å². The summed E-state index contributed by atoms with van der Waals surface area (Å²) in [5.74, 6) is 0.672. The Balaban J connectivity index is 1.43. The highest BCUT2D eigenvalue weighted by Gasteiger charge is 2.24. The third-order valence-corrected chi connectivity index (χ3v) is 4.95. The van der Waals surface area contributed by atoms with Crippen LogP contribution in [0, 0.1) is 5.82 Å².